The Kier molecular flexibility index (Phi) is 5.52. The van der Waals surface area contributed by atoms with Crippen LogP contribution in [0.2, 0.25) is 0 Å². The molecule has 31 heavy (non-hydrogen) atoms. The molecular weight excluding hydrogens is 390 g/mol. The third kappa shape index (κ3) is 4.52. The summed E-state index contributed by atoms with van der Waals surface area (Å²) in [5.41, 5.74) is 2.56. The van der Waals surface area contributed by atoms with Gasteiger partial charge in [0, 0.05) is 37.8 Å². The van der Waals surface area contributed by atoms with E-state index in [1.807, 2.05) is 36.4 Å². The van der Waals surface area contributed by atoms with Crippen LogP contribution in [0.3, 0.4) is 0 Å². The highest BCUT2D eigenvalue weighted by Gasteiger charge is 2.34. The van der Waals surface area contributed by atoms with E-state index < -0.39 is 0 Å². The molecule has 2 aromatic carbocycles. The van der Waals surface area contributed by atoms with E-state index >= 15 is 0 Å². The number of benzene rings is 2. The fourth-order valence-corrected chi connectivity index (χ4v) is 4.56. The third-order valence-corrected chi connectivity index (χ3v) is 6.49. The Labute approximate surface area is 183 Å². The number of likely N-dealkylation sites (tertiary alicyclic amines) is 1. The number of amides is 1. The molecule has 0 unspecified atom stereocenters. The first-order chi connectivity index (χ1) is 15.2. The van der Waals surface area contributed by atoms with Crippen LogP contribution in [0.5, 0.6) is 11.5 Å². The molecule has 0 atom stereocenters. The lowest BCUT2D eigenvalue weighted by atomic mass is 10.00. The van der Waals surface area contributed by atoms with Crippen molar-refractivity contribution in [3.05, 3.63) is 59.2 Å². The monoisotopic (exact) mass is 417 g/mol. The molecule has 0 spiro atoms. The van der Waals surface area contributed by atoms with Crippen LogP contribution in [-0.4, -0.2) is 48.2 Å². The first-order valence-electron chi connectivity index (χ1n) is 11.1. The van der Waals surface area contributed by atoms with Gasteiger partial charge >= 0.3 is 0 Å². The van der Waals surface area contributed by atoms with Crippen molar-refractivity contribution in [2.75, 3.05) is 26.4 Å². The molecular formula is C25H27N3O3. The molecule has 2 heterocycles. The van der Waals surface area contributed by atoms with Gasteiger partial charge in [-0.05, 0) is 67.5 Å². The number of hydrogen-bond donors (Lipinski definition) is 0. The van der Waals surface area contributed by atoms with Crippen LogP contribution >= 0.6 is 0 Å². The molecule has 1 amide bonds. The minimum Gasteiger partial charge on any atom is -0.454 e. The Hall–Kier alpha value is -3.04. The number of fused-ring (bicyclic) bond motifs is 1. The summed E-state index contributed by atoms with van der Waals surface area (Å²) in [6.07, 6.45) is 4.39. The summed E-state index contributed by atoms with van der Waals surface area (Å²) in [4.78, 5) is 18.0. The molecule has 0 aromatic heterocycles. The number of carbonyl (C=O) groups excluding carboxylic acids is 1. The topological polar surface area (TPSA) is 65.8 Å². The molecule has 2 aromatic rings. The van der Waals surface area contributed by atoms with Gasteiger partial charge in [-0.25, -0.2) is 0 Å². The average molecular weight is 418 g/mol. The highest BCUT2D eigenvalue weighted by Crippen LogP contribution is 2.35. The van der Waals surface area contributed by atoms with Crippen LogP contribution in [0.25, 0.3) is 0 Å². The van der Waals surface area contributed by atoms with Crippen molar-refractivity contribution >= 4 is 5.91 Å². The van der Waals surface area contributed by atoms with Gasteiger partial charge in [-0.2, -0.15) is 5.26 Å². The molecule has 3 aliphatic rings. The second kappa shape index (κ2) is 8.60. The van der Waals surface area contributed by atoms with E-state index in [-0.39, 0.29) is 18.7 Å². The van der Waals surface area contributed by atoms with Gasteiger partial charge in [0.25, 0.3) is 5.91 Å². The molecule has 2 fully saturated rings. The maximum atomic E-state index is 13.4. The smallest absolute Gasteiger partial charge is 0.254 e. The van der Waals surface area contributed by atoms with Crippen LogP contribution in [0, 0.1) is 17.2 Å². The lowest BCUT2D eigenvalue weighted by Gasteiger charge is -2.39. The number of nitriles is 1. The van der Waals surface area contributed by atoms with Crippen molar-refractivity contribution in [1.29, 1.82) is 5.26 Å². The normalized spacial score (nSPS) is 18.5. The van der Waals surface area contributed by atoms with Crippen molar-refractivity contribution in [1.82, 2.24) is 9.80 Å². The molecule has 1 saturated heterocycles. The SMILES string of the molecule is N#Cc1cccc(CN2CCC(N(CC3CC3)C(=O)c3ccc4c(c3)OCO4)CC2)c1. The summed E-state index contributed by atoms with van der Waals surface area (Å²) >= 11 is 0. The second-order valence-corrected chi connectivity index (χ2v) is 8.79. The fraction of sp³-hybridized carbons (Fsp3) is 0.440. The maximum Gasteiger partial charge on any atom is 0.254 e. The number of hydrogen-bond acceptors (Lipinski definition) is 5. The number of piperidine rings is 1. The lowest BCUT2D eigenvalue weighted by molar-refractivity contribution is 0.0551. The molecule has 5 rings (SSSR count). The summed E-state index contributed by atoms with van der Waals surface area (Å²) in [5, 5.41) is 9.12. The molecule has 0 bridgehead atoms. The zero-order valence-corrected chi connectivity index (χ0v) is 17.6. The van der Waals surface area contributed by atoms with Gasteiger partial charge in [0.1, 0.15) is 0 Å². The maximum absolute atomic E-state index is 13.4. The van der Waals surface area contributed by atoms with E-state index in [0.29, 0.717) is 28.5 Å². The van der Waals surface area contributed by atoms with Crippen LogP contribution in [0.1, 0.15) is 47.2 Å². The van der Waals surface area contributed by atoms with Gasteiger partial charge < -0.3 is 14.4 Å². The summed E-state index contributed by atoms with van der Waals surface area (Å²) in [7, 11) is 0. The van der Waals surface area contributed by atoms with Crippen LogP contribution in [0.4, 0.5) is 0 Å². The van der Waals surface area contributed by atoms with Gasteiger partial charge in [-0.15, -0.1) is 0 Å². The third-order valence-electron chi connectivity index (χ3n) is 6.49. The van der Waals surface area contributed by atoms with Crippen LogP contribution in [0.15, 0.2) is 42.5 Å². The predicted molar refractivity (Wildman–Crippen MR) is 116 cm³/mol. The van der Waals surface area contributed by atoms with Crippen molar-refractivity contribution in [3.63, 3.8) is 0 Å². The zero-order valence-electron chi connectivity index (χ0n) is 17.6. The minimum absolute atomic E-state index is 0.102. The van der Waals surface area contributed by atoms with E-state index in [1.165, 1.54) is 18.4 Å². The van der Waals surface area contributed by atoms with Crippen molar-refractivity contribution < 1.29 is 14.3 Å². The van der Waals surface area contributed by atoms with E-state index in [0.717, 1.165) is 39.0 Å². The number of ether oxygens (including phenoxy) is 2. The lowest BCUT2D eigenvalue weighted by Crippen LogP contribution is -2.48. The van der Waals surface area contributed by atoms with E-state index in [1.54, 1.807) is 0 Å². The second-order valence-electron chi connectivity index (χ2n) is 8.79. The first kappa shape index (κ1) is 19.9. The van der Waals surface area contributed by atoms with E-state index in [2.05, 4.69) is 21.9 Å². The molecule has 1 aliphatic carbocycles. The van der Waals surface area contributed by atoms with Crippen molar-refractivity contribution in [2.45, 2.75) is 38.3 Å². The summed E-state index contributed by atoms with van der Waals surface area (Å²) < 4.78 is 10.9. The summed E-state index contributed by atoms with van der Waals surface area (Å²) in [6, 6.07) is 15.8. The molecule has 2 aliphatic heterocycles. The predicted octanol–water partition coefficient (Wildman–Crippen LogP) is 3.80. The van der Waals surface area contributed by atoms with E-state index in [9.17, 15) is 4.79 Å². The fourth-order valence-electron chi connectivity index (χ4n) is 4.56. The highest BCUT2D eigenvalue weighted by molar-refractivity contribution is 5.95. The average Bonchev–Trinajstić information content (AvgIpc) is 3.51. The molecule has 0 radical (unpaired) electrons. The molecule has 6 nitrogen and oxygen atoms in total. The Morgan fingerprint density at radius 2 is 1.87 bits per heavy atom. The van der Waals surface area contributed by atoms with Crippen LogP contribution in [-0.2, 0) is 6.54 Å². The first-order valence-corrected chi connectivity index (χ1v) is 11.1. The van der Waals surface area contributed by atoms with Crippen LogP contribution < -0.4 is 9.47 Å². The number of rotatable bonds is 6. The van der Waals surface area contributed by atoms with Gasteiger partial charge in [0.05, 0.1) is 11.6 Å². The minimum atomic E-state index is 0.102. The Morgan fingerprint density at radius 3 is 2.65 bits per heavy atom. The standard InChI is InChI=1S/C25H27N3O3/c26-14-19-2-1-3-20(12-19)15-27-10-8-22(9-11-27)28(16-18-4-5-18)25(29)21-6-7-23-24(13-21)31-17-30-23/h1-3,6-7,12-13,18,22H,4-5,8-11,15-17H2. The van der Waals surface area contributed by atoms with Crippen molar-refractivity contribution in [3.8, 4) is 17.6 Å². The highest BCUT2D eigenvalue weighted by atomic mass is 16.7. The van der Waals surface area contributed by atoms with Gasteiger partial charge in [0.15, 0.2) is 11.5 Å². The summed E-state index contributed by atoms with van der Waals surface area (Å²) in [5.74, 6) is 2.11. The van der Waals surface area contributed by atoms with Gasteiger partial charge in [-0.3, -0.25) is 9.69 Å². The molecule has 6 heteroatoms. The van der Waals surface area contributed by atoms with Gasteiger partial charge in [0.2, 0.25) is 6.79 Å². The number of carbonyl (C=O) groups is 1. The summed E-state index contributed by atoms with van der Waals surface area (Å²) in [6.45, 7) is 3.83. The largest absolute Gasteiger partial charge is 0.454 e. The Balaban J connectivity index is 1.25. The van der Waals surface area contributed by atoms with Gasteiger partial charge in [-0.1, -0.05) is 12.1 Å². The zero-order chi connectivity index (χ0) is 21.2. The Morgan fingerprint density at radius 1 is 1.06 bits per heavy atom. The number of nitrogens with zero attached hydrogens (tertiary/aromatic N) is 3. The van der Waals surface area contributed by atoms with Crippen molar-refractivity contribution in [2.24, 2.45) is 5.92 Å². The molecule has 160 valence electrons. The quantitative estimate of drug-likeness (QED) is 0.715. The van der Waals surface area contributed by atoms with E-state index in [4.69, 9.17) is 14.7 Å². The Bertz CT molecular complexity index is 1000. The molecule has 1 saturated carbocycles. The molecule has 0 N–H and O–H groups in total.